The molecule has 0 aliphatic rings. The average molecular weight is 389 g/mol. The fourth-order valence-electron chi connectivity index (χ4n) is 2.70. The fourth-order valence-corrected chi connectivity index (χ4v) is 3.72. The Morgan fingerprint density at radius 1 is 1.00 bits per heavy atom. The summed E-state index contributed by atoms with van der Waals surface area (Å²) in [6.45, 7) is 10.2. The second kappa shape index (κ2) is 8.23. The SMILES string of the molecule is CC(=O)N(CCNS(=O)(=O)c1ccc(C)cc1)c1ccc(C(C)(C)C)cc1. The lowest BCUT2D eigenvalue weighted by Gasteiger charge is -2.24. The van der Waals surface area contributed by atoms with Crippen molar-refractivity contribution in [2.45, 2.75) is 44.9 Å². The summed E-state index contributed by atoms with van der Waals surface area (Å²) in [7, 11) is -3.59. The molecule has 0 spiro atoms. The van der Waals surface area contributed by atoms with E-state index >= 15 is 0 Å². The smallest absolute Gasteiger partial charge is 0.240 e. The van der Waals surface area contributed by atoms with Crippen molar-refractivity contribution >= 4 is 21.6 Å². The summed E-state index contributed by atoms with van der Waals surface area (Å²) < 4.78 is 27.3. The highest BCUT2D eigenvalue weighted by atomic mass is 32.2. The van der Waals surface area contributed by atoms with E-state index in [9.17, 15) is 13.2 Å². The Morgan fingerprint density at radius 2 is 1.56 bits per heavy atom. The van der Waals surface area contributed by atoms with E-state index in [2.05, 4.69) is 25.5 Å². The number of nitrogens with zero attached hydrogens (tertiary/aromatic N) is 1. The van der Waals surface area contributed by atoms with Crippen molar-refractivity contribution in [3.63, 3.8) is 0 Å². The maximum absolute atomic E-state index is 12.4. The number of rotatable bonds is 6. The van der Waals surface area contributed by atoms with Crippen LogP contribution in [0.15, 0.2) is 53.4 Å². The minimum Gasteiger partial charge on any atom is -0.311 e. The van der Waals surface area contributed by atoms with Gasteiger partial charge in [0, 0.05) is 25.7 Å². The molecule has 0 aliphatic heterocycles. The van der Waals surface area contributed by atoms with E-state index in [0.29, 0.717) is 0 Å². The Hall–Kier alpha value is -2.18. The van der Waals surface area contributed by atoms with Crippen LogP contribution >= 0.6 is 0 Å². The van der Waals surface area contributed by atoms with Crippen LogP contribution in [-0.2, 0) is 20.2 Å². The standard InChI is InChI=1S/C21H28N2O3S/c1-16-6-12-20(13-7-16)27(25,26)22-14-15-23(17(2)24)19-10-8-18(9-11-19)21(3,4)5/h6-13,22H,14-15H2,1-5H3. The first kappa shape index (κ1) is 21.1. The van der Waals surface area contributed by atoms with Crippen molar-refractivity contribution in [2.24, 2.45) is 0 Å². The monoisotopic (exact) mass is 388 g/mol. The van der Waals surface area contributed by atoms with Crippen molar-refractivity contribution < 1.29 is 13.2 Å². The summed E-state index contributed by atoms with van der Waals surface area (Å²) in [6.07, 6.45) is 0. The topological polar surface area (TPSA) is 66.5 Å². The zero-order valence-electron chi connectivity index (χ0n) is 16.6. The molecule has 0 fully saturated rings. The van der Waals surface area contributed by atoms with E-state index in [1.807, 2.05) is 31.2 Å². The zero-order chi connectivity index (χ0) is 20.2. The summed E-state index contributed by atoms with van der Waals surface area (Å²) in [5, 5.41) is 0. The summed E-state index contributed by atoms with van der Waals surface area (Å²) in [6, 6.07) is 14.5. The van der Waals surface area contributed by atoms with Crippen LogP contribution in [0.1, 0.15) is 38.8 Å². The van der Waals surface area contributed by atoms with Gasteiger partial charge in [0.25, 0.3) is 0 Å². The van der Waals surface area contributed by atoms with E-state index in [0.717, 1.165) is 11.3 Å². The quantitative estimate of drug-likeness (QED) is 0.822. The van der Waals surface area contributed by atoms with Gasteiger partial charge >= 0.3 is 0 Å². The molecule has 1 N–H and O–H groups in total. The number of hydrogen-bond donors (Lipinski definition) is 1. The molecule has 0 bridgehead atoms. The molecule has 0 heterocycles. The fraction of sp³-hybridized carbons (Fsp3) is 0.381. The first-order valence-corrected chi connectivity index (χ1v) is 10.4. The van der Waals surface area contributed by atoms with Gasteiger partial charge in [-0.3, -0.25) is 4.79 Å². The van der Waals surface area contributed by atoms with Crippen LogP contribution in [0.3, 0.4) is 0 Å². The van der Waals surface area contributed by atoms with Crippen LogP contribution < -0.4 is 9.62 Å². The van der Waals surface area contributed by atoms with Gasteiger partial charge in [-0.25, -0.2) is 13.1 Å². The molecule has 0 unspecified atom stereocenters. The molecule has 5 nitrogen and oxygen atoms in total. The van der Waals surface area contributed by atoms with E-state index in [4.69, 9.17) is 0 Å². The van der Waals surface area contributed by atoms with Crippen LogP contribution in [0.5, 0.6) is 0 Å². The maximum Gasteiger partial charge on any atom is 0.240 e. The molecule has 6 heteroatoms. The molecule has 0 radical (unpaired) electrons. The van der Waals surface area contributed by atoms with Crippen LogP contribution in [0.4, 0.5) is 5.69 Å². The first-order valence-electron chi connectivity index (χ1n) is 8.96. The second-order valence-corrected chi connectivity index (χ2v) is 9.45. The Labute approximate surface area is 162 Å². The molecule has 2 aromatic carbocycles. The third-order valence-corrected chi connectivity index (χ3v) is 5.86. The lowest BCUT2D eigenvalue weighted by atomic mass is 9.87. The number of benzene rings is 2. The van der Waals surface area contributed by atoms with Crippen LogP contribution in [-0.4, -0.2) is 27.4 Å². The number of carbonyl (C=O) groups excluding carboxylic acids is 1. The van der Waals surface area contributed by atoms with Crippen molar-refractivity contribution in [1.82, 2.24) is 4.72 Å². The molecule has 2 rings (SSSR count). The molecular weight excluding hydrogens is 360 g/mol. The highest BCUT2D eigenvalue weighted by molar-refractivity contribution is 7.89. The number of nitrogens with one attached hydrogen (secondary N) is 1. The Balaban J connectivity index is 2.07. The molecule has 0 atom stereocenters. The highest BCUT2D eigenvalue weighted by Crippen LogP contribution is 2.25. The van der Waals surface area contributed by atoms with Gasteiger partial charge < -0.3 is 4.90 Å². The number of aryl methyl sites for hydroxylation is 1. The number of carbonyl (C=O) groups is 1. The van der Waals surface area contributed by atoms with Crippen LogP contribution in [0, 0.1) is 6.92 Å². The lowest BCUT2D eigenvalue weighted by molar-refractivity contribution is -0.116. The van der Waals surface area contributed by atoms with Crippen LogP contribution in [0.25, 0.3) is 0 Å². The molecule has 0 aliphatic carbocycles. The van der Waals surface area contributed by atoms with E-state index < -0.39 is 10.0 Å². The van der Waals surface area contributed by atoms with E-state index in [1.165, 1.54) is 12.5 Å². The molecule has 1 amide bonds. The summed E-state index contributed by atoms with van der Waals surface area (Å²) in [4.78, 5) is 13.8. The molecule has 146 valence electrons. The Morgan fingerprint density at radius 3 is 2.04 bits per heavy atom. The molecule has 2 aromatic rings. The number of hydrogen-bond acceptors (Lipinski definition) is 3. The van der Waals surface area contributed by atoms with Crippen LogP contribution in [0.2, 0.25) is 0 Å². The second-order valence-electron chi connectivity index (χ2n) is 7.68. The van der Waals surface area contributed by atoms with Gasteiger partial charge in [-0.05, 0) is 42.2 Å². The Bertz CT molecular complexity index is 881. The van der Waals surface area contributed by atoms with Gasteiger partial charge in [-0.2, -0.15) is 0 Å². The Kier molecular flexibility index (Phi) is 6.44. The largest absolute Gasteiger partial charge is 0.311 e. The van der Waals surface area contributed by atoms with E-state index in [1.54, 1.807) is 29.2 Å². The van der Waals surface area contributed by atoms with Crippen molar-refractivity contribution in [1.29, 1.82) is 0 Å². The lowest BCUT2D eigenvalue weighted by Crippen LogP contribution is -2.37. The predicted molar refractivity (Wildman–Crippen MR) is 110 cm³/mol. The third-order valence-electron chi connectivity index (χ3n) is 4.38. The normalized spacial score (nSPS) is 12.0. The minimum atomic E-state index is -3.59. The third kappa shape index (κ3) is 5.65. The van der Waals surface area contributed by atoms with Crippen molar-refractivity contribution in [3.05, 3.63) is 59.7 Å². The van der Waals surface area contributed by atoms with Gasteiger partial charge in [-0.1, -0.05) is 50.6 Å². The van der Waals surface area contributed by atoms with Crippen molar-refractivity contribution in [3.8, 4) is 0 Å². The number of sulfonamides is 1. The maximum atomic E-state index is 12.4. The molecule has 0 aromatic heterocycles. The summed E-state index contributed by atoms with van der Waals surface area (Å²) in [5.74, 6) is -0.131. The molecule has 0 saturated carbocycles. The molecular formula is C21H28N2O3S. The number of anilines is 1. The van der Waals surface area contributed by atoms with Gasteiger partial charge in [0.1, 0.15) is 0 Å². The van der Waals surface area contributed by atoms with Crippen molar-refractivity contribution in [2.75, 3.05) is 18.0 Å². The predicted octanol–water partition coefficient (Wildman–Crippen LogP) is 3.62. The highest BCUT2D eigenvalue weighted by Gasteiger charge is 2.18. The molecule has 0 saturated heterocycles. The molecule has 27 heavy (non-hydrogen) atoms. The first-order chi connectivity index (χ1) is 12.5. The minimum absolute atomic E-state index is 0.0310. The van der Waals surface area contributed by atoms with Gasteiger partial charge in [0.15, 0.2) is 0 Å². The summed E-state index contributed by atoms with van der Waals surface area (Å²) >= 11 is 0. The summed E-state index contributed by atoms with van der Waals surface area (Å²) in [5.41, 5.74) is 2.96. The van der Waals surface area contributed by atoms with E-state index in [-0.39, 0.29) is 29.3 Å². The van der Waals surface area contributed by atoms with Gasteiger partial charge in [-0.15, -0.1) is 0 Å². The van der Waals surface area contributed by atoms with Gasteiger partial charge in [0.05, 0.1) is 4.90 Å². The van der Waals surface area contributed by atoms with Gasteiger partial charge in [0.2, 0.25) is 15.9 Å². The number of amides is 1. The zero-order valence-corrected chi connectivity index (χ0v) is 17.4. The average Bonchev–Trinajstić information content (AvgIpc) is 2.58.